The van der Waals surface area contributed by atoms with Gasteiger partial charge in [-0.15, -0.1) is 0 Å². The van der Waals surface area contributed by atoms with Crippen molar-refractivity contribution in [3.8, 4) is 11.3 Å². The molecule has 2 aromatic heterocycles. The molecule has 5 rings (SSSR count). The monoisotopic (exact) mass is 769 g/mol. The molecule has 2 amide bonds. The molecule has 7 nitrogen and oxygen atoms in total. The van der Waals surface area contributed by atoms with Gasteiger partial charge in [-0.05, 0) is 81.6 Å². The number of likely N-dealkylation sites (N-methyl/N-ethyl adjacent to an activating group) is 2. The molecule has 2 heterocycles. The summed E-state index contributed by atoms with van der Waals surface area (Å²) < 4.78 is 40.2. The molecule has 0 fully saturated rings. The molecule has 0 N–H and O–H groups in total. The van der Waals surface area contributed by atoms with Crippen molar-refractivity contribution in [1.29, 1.82) is 0 Å². The van der Waals surface area contributed by atoms with Gasteiger partial charge in [-0.25, -0.2) is 4.98 Å². The number of hydrogen-bond donors (Lipinski definition) is 0. The first-order chi connectivity index (χ1) is 25.0. The number of benzene rings is 3. The Bertz CT molecular complexity index is 1920. The summed E-state index contributed by atoms with van der Waals surface area (Å²) in [6.45, 7) is 1.75. The van der Waals surface area contributed by atoms with Crippen molar-refractivity contribution in [3.05, 3.63) is 160 Å². The van der Waals surface area contributed by atoms with Crippen LogP contribution in [-0.4, -0.2) is 69.7 Å². The van der Waals surface area contributed by atoms with E-state index in [4.69, 9.17) is 0 Å². The van der Waals surface area contributed by atoms with Crippen LogP contribution < -0.4 is 0 Å². The van der Waals surface area contributed by atoms with Crippen LogP contribution in [0.2, 0.25) is 0 Å². The average molecular weight is 771 g/mol. The summed E-state index contributed by atoms with van der Waals surface area (Å²) in [6.07, 6.45) is 2.10. The van der Waals surface area contributed by atoms with Crippen LogP contribution >= 0.6 is 15.9 Å². The van der Waals surface area contributed by atoms with Crippen molar-refractivity contribution in [3.63, 3.8) is 0 Å². The highest BCUT2D eigenvalue weighted by molar-refractivity contribution is 9.10. The Morgan fingerprint density at radius 3 is 2.10 bits per heavy atom. The van der Waals surface area contributed by atoms with Crippen LogP contribution in [0.4, 0.5) is 13.2 Å². The second-order valence-corrected chi connectivity index (χ2v) is 13.3. The molecule has 52 heavy (non-hydrogen) atoms. The highest BCUT2D eigenvalue weighted by Crippen LogP contribution is 2.29. The van der Waals surface area contributed by atoms with E-state index in [2.05, 4.69) is 30.8 Å². The Hall–Kier alpha value is -5.13. The Balaban J connectivity index is 1.42. The van der Waals surface area contributed by atoms with Gasteiger partial charge >= 0.3 is 6.18 Å². The fraction of sp³-hybridized carbons (Fsp3) is 0.220. The standard InChI is InChI=1S/C41H39BrF3N5O2/c1-48(28-33-15-21-38(42)47-27-33)24-25-49(2)40(52)37(26-31-8-4-3-5-9-31)50(29-32-11-17-34(18-12-32)36-10-6-7-23-46-36)39(51)22-16-30-13-19-35(20-14-30)41(43,44)45/h3-23,27,37H,24-26,28-29H2,1-2H3/t37-/m0/s1. The Labute approximate surface area is 310 Å². The van der Waals surface area contributed by atoms with Crippen molar-refractivity contribution in [2.75, 3.05) is 27.2 Å². The van der Waals surface area contributed by atoms with E-state index in [1.165, 1.54) is 24.3 Å². The van der Waals surface area contributed by atoms with Gasteiger partial charge in [0.15, 0.2) is 0 Å². The third-order valence-corrected chi connectivity index (χ3v) is 9.04. The zero-order chi connectivity index (χ0) is 37.1. The number of aromatic nitrogens is 2. The minimum Gasteiger partial charge on any atom is -0.343 e. The zero-order valence-corrected chi connectivity index (χ0v) is 30.5. The molecule has 11 heteroatoms. The molecule has 0 bridgehead atoms. The average Bonchev–Trinajstić information content (AvgIpc) is 3.15. The Kier molecular flexibility index (Phi) is 13.1. The lowest BCUT2D eigenvalue weighted by Crippen LogP contribution is -2.51. The molecule has 0 saturated heterocycles. The summed E-state index contributed by atoms with van der Waals surface area (Å²) >= 11 is 3.36. The normalized spacial score (nSPS) is 12.2. The predicted molar refractivity (Wildman–Crippen MR) is 201 cm³/mol. The summed E-state index contributed by atoms with van der Waals surface area (Å²) in [5.74, 6) is -0.680. The molecule has 0 radical (unpaired) electrons. The van der Waals surface area contributed by atoms with E-state index < -0.39 is 23.7 Å². The maximum absolute atomic E-state index is 14.4. The second kappa shape index (κ2) is 17.9. The van der Waals surface area contributed by atoms with E-state index in [0.29, 0.717) is 25.2 Å². The maximum atomic E-state index is 14.4. The number of carbonyl (C=O) groups is 2. The van der Waals surface area contributed by atoms with E-state index in [1.54, 1.807) is 29.2 Å². The van der Waals surface area contributed by atoms with Crippen LogP contribution in [-0.2, 0) is 35.3 Å². The first kappa shape index (κ1) is 38.1. The van der Waals surface area contributed by atoms with E-state index in [0.717, 1.165) is 44.7 Å². The minimum atomic E-state index is -4.47. The largest absolute Gasteiger partial charge is 0.416 e. The van der Waals surface area contributed by atoms with Crippen molar-refractivity contribution in [2.24, 2.45) is 0 Å². The Morgan fingerprint density at radius 2 is 1.46 bits per heavy atom. The van der Waals surface area contributed by atoms with Crippen molar-refractivity contribution in [2.45, 2.75) is 31.7 Å². The van der Waals surface area contributed by atoms with Gasteiger partial charge in [0.2, 0.25) is 11.8 Å². The molecule has 3 aromatic carbocycles. The smallest absolute Gasteiger partial charge is 0.343 e. The first-order valence-corrected chi connectivity index (χ1v) is 17.5. The van der Waals surface area contributed by atoms with E-state index in [9.17, 15) is 22.8 Å². The molecule has 0 aliphatic heterocycles. The van der Waals surface area contributed by atoms with Crippen LogP contribution in [0.3, 0.4) is 0 Å². The van der Waals surface area contributed by atoms with Gasteiger partial charge in [-0.1, -0.05) is 78.9 Å². The van der Waals surface area contributed by atoms with Crippen molar-refractivity contribution in [1.82, 2.24) is 24.7 Å². The number of halogens is 4. The van der Waals surface area contributed by atoms with Crippen molar-refractivity contribution >= 4 is 33.8 Å². The topological polar surface area (TPSA) is 69.6 Å². The molecule has 0 unspecified atom stereocenters. The van der Waals surface area contributed by atoms with Crippen LogP contribution in [0.5, 0.6) is 0 Å². The lowest BCUT2D eigenvalue weighted by molar-refractivity contribution is -0.143. The predicted octanol–water partition coefficient (Wildman–Crippen LogP) is 8.17. The van der Waals surface area contributed by atoms with Crippen LogP contribution in [0.1, 0.15) is 27.8 Å². The second-order valence-electron chi connectivity index (χ2n) is 12.5. The van der Waals surface area contributed by atoms with Gasteiger partial charge in [0, 0.05) is 63.7 Å². The van der Waals surface area contributed by atoms with E-state index >= 15 is 0 Å². The highest BCUT2D eigenvalue weighted by atomic mass is 79.9. The lowest BCUT2D eigenvalue weighted by Gasteiger charge is -2.34. The SMILES string of the molecule is CN(CCN(C)C(=O)[C@H](Cc1ccccc1)N(Cc1ccc(-c2ccccn2)cc1)C(=O)C=Cc1ccc(C(F)(F)F)cc1)Cc1ccc(Br)nc1. The fourth-order valence-corrected chi connectivity index (χ4v) is 5.88. The summed E-state index contributed by atoms with van der Waals surface area (Å²) in [5.41, 5.74) is 4.07. The number of carbonyl (C=O) groups excluding carboxylic acids is 2. The Morgan fingerprint density at radius 1 is 0.769 bits per heavy atom. The minimum absolute atomic E-state index is 0.117. The highest BCUT2D eigenvalue weighted by Gasteiger charge is 2.32. The van der Waals surface area contributed by atoms with E-state index in [1.807, 2.05) is 92.0 Å². The molecule has 1 atom stereocenters. The van der Waals surface area contributed by atoms with Crippen LogP contribution in [0.25, 0.3) is 17.3 Å². The zero-order valence-electron chi connectivity index (χ0n) is 28.9. The quantitative estimate of drug-likeness (QED) is 0.0843. The molecular weight excluding hydrogens is 731 g/mol. The number of rotatable bonds is 14. The fourth-order valence-electron chi connectivity index (χ4n) is 5.64. The van der Waals surface area contributed by atoms with E-state index in [-0.39, 0.29) is 18.9 Å². The summed E-state index contributed by atoms with van der Waals surface area (Å²) in [7, 11) is 3.70. The number of alkyl halides is 3. The molecular formula is C41H39BrF3N5O2. The first-order valence-electron chi connectivity index (χ1n) is 16.7. The van der Waals surface area contributed by atoms with Gasteiger partial charge in [-0.2, -0.15) is 13.2 Å². The summed E-state index contributed by atoms with van der Waals surface area (Å²) in [6, 6.07) is 30.4. The molecule has 0 aliphatic carbocycles. The molecule has 268 valence electrons. The summed E-state index contributed by atoms with van der Waals surface area (Å²) in [4.78, 5) is 42.5. The number of hydrogen-bond acceptors (Lipinski definition) is 5. The lowest BCUT2D eigenvalue weighted by atomic mass is 10.0. The van der Waals surface area contributed by atoms with Gasteiger partial charge in [0.05, 0.1) is 11.3 Å². The summed E-state index contributed by atoms with van der Waals surface area (Å²) in [5, 5.41) is 0. The maximum Gasteiger partial charge on any atom is 0.416 e. The third kappa shape index (κ3) is 10.9. The molecule has 0 spiro atoms. The van der Waals surface area contributed by atoms with Gasteiger partial charge in [0.25, 0.3) is 0 Å². The number of pyridine rings is 2. The molecule has 0 saturated carbocycles. The van der Waals surface area contributed by atoms with Gasteiger partial charge in [-0.3, -0.25) is 14.6 Å². The van der Waals surface area contributed by atoms with Crippen molar-refractivity contribution < 1.29 is 22.8 Å². The number of nitrogens with zero attached hydrogens (tertiary/aromatic N) is 5. The molecule has 0 aliphatic rings. The van der Waals surface area contributed by atoms with Gasteiger partial charge < -0.3 is 14.7 Å². The number of amides is 2. The van der Waals surface area contributed by atoms with Crippen LogP contribution in [0.15, 0.2) is 132 Å². The third-order valence-electron chi connectivity index (χ3n) is 8.57. The van der Waals surface area contributed by atoms with Crippen LogP contribution in [0, 0.1) is 0 Å². The van der Waals surface area contributed by atoms with Gasteiger partial charge in [0.1, 0.15) is 10.6 Å². The molecule has 5 aromatic rings.